The fraction of sp³-hybridized carbons (Fsp3) is 0.200. The molecule has 26 heavy (non-hydrogen) atoms. The summed E-state index contributed by atoms with van der Waals surface area (Å²) in [6, 6.07) is 8.07. The van der Waals surface area contributed by atoms with Crippen LogP contribution in [0.5, 0.6) is 0 Å². The molecule has 0 aliphatic carbocycles. The number of alkyl halides is 3. The van der Waals surface area contributed by atoms with Crippen molar-refractivity contribution in [3.63, 3.8) is 0 Å². The maximum Gasteiger partial charge on any atom is 0.453 e. The van der Waals surface area contributed by atoms with E-state index in [9.17, 15) is 18.0 Å². The van der Waals surface area contributed by atoms with Crippen molar-refractivity contribution in [1.82, 2.24) is 19.8 Å². The third-order valence-electron chi connectivity index (χ3n) is 3.39. The molecule has 0 saturated heterocycles. The highest BCUT2D eigenvalue weighted by Gasteiger charge is 2.37. The number of aryl methyl sites for hydroxylation is 1. The highest BCUT2D eigenvalue weighted by atomic mass is 79.9. The number of carbonyl (C=O) groups excluding carboxylic acids is 1. The highest BCUT2D eigenvalue weighted by Crippen LogP contribution is 2.27. The zero-order valence-corrected chi connectivity index (χ0v) is 14.9. The molecule has 7 nitrogen and oxygen atoms in total. The minimum absolute atomic E-state index is 0.0438. The van der Waals surface area contributed by atoms with Crippen LogP contribution in [-0.4, -0.2) is 32.3 Å². The Hall–Kier alpha value is -2.69. The van der Waals surface area contributed by atoms with Crippen LogP contribution in [-0.2, 0) is 11.0 Å². The Bertz CT molecular complexity index is 972. The zero-order valence-electron chi connectivity index (χ0n) is 13.3. The van der Waals surface area contributed by atoms with Crippen LogP contribution in [0, 0.1) is 6.92 Å². The van der Waals surface area contributed by atoms with Crippen molar-refractivity contribution >= 4 is 39.0 Å². The van der Waals surface area contributed by atoms with Gasteiger partial charge in [-0.1, -0.05) is 15.9 Å². The topological polar surface area (TPSA) is 84.2 Å². The van der Waals surface area contributed by atoms with Gasteiger partial charge in [0.1, 0.15) is 5.82 Å². The monoisotopic (exact) mass is 428 g/mol. The lowest BCUT2D eigenvalue weighted by molar-refractivity contribution is -0.146. The molecular formula is C15H12BrF3N6O. The molecule has 1 amide bonds. The van der Waals surface area contributed by atoms with Crippen LogP contribution in [0.15, 0.2) is 34.8 Å². The van der Waals surface area contributed by atoms with Gasteiger partial charge in [0.2, 0.25) is 5.91 Å². The van der Waals surface area contributed by atoms with Crippen molar-refractivity contribution in [1.29, 1.82) is 0 Å². The van der Waals surface area contributed by atoms with Crippen molar-refractivity contribution in [2.75, 3.05) is 17.2 Å². The number of benzene rings is 1. The Morgan fingerprint density at radius 2 is 2.00 bits per heavy atom. The number of hydrogen-bond acceptors (Lipinski definition) is 5. The molecule has 1 aromatic carbocycles. The maximum absolute atomic E-state index is 12.8. The Morgan fingerprint density at radius 1 is 1.23 bits per heavy atom. The molecule has 0 aliphatic heterocycles. The van der Waals surface area contributed by atoms with Gasteiger partial charge >= 0.3 is 6.18 Å². The van der Waals surface area contributed by atoms with Gasteiger partial charge in [-0.05, 0) is 42.8 Å². The molecule has 2 N–H and O–H groups in total. The number of fused-ring (bicyclic) bond motifs is 1. The summed E-state index contributed by atoms with van der Waals surface area (Å²) < 4.78 is 40.0. The standard InChI is InChI=1S/C15H12BrF3N6O/c1-8-6-9(2-3-10(8)16)21-13(26)7-20-11-4-5-12-22-23-14(15(17,18)19)25(12)24-11/h2-6H,7H2,1H3,(H,20,24)(H,21,26). The second-order valence-electron chi connectivity index (χ2n) is 5.38. The van der Waals surface area contributed by atoms with E-state index in [1.807, 2.05) is 6.92 Å². The second kappa shape index (κ2) is 6.90. The molecule has 11 heteroatoms. The lowest BCUT2D eigenvalue weighted by Gasteiger charge is -2.09. The molecule has 0 atom stereocenters. The van der Waals surface area contributed by atoms with Gasteiger partial charge < -0.3 is 10.6 Å². The normalized spacial score (nSPS) is 11.6. The van der Waals surface area contributed by atoms with Crippen molar-refractivity contribution in [2.45, 2.75) is 13.1 Å². The lowest BCUT2D eigenvalue weighted by atomic mass is 10.2. The Labute approximate surface area is 153 Å². The number of nitrogens with one attached hydrogen (secondary N) is 2. The summed E-state index contributed by atoms with van der Waals surface area (Å²) in [5.74, 6) is -1.51. The average molecular weight is 429 g/mol. The van der Waals surface area contributed by atoms with E-state index in [1.54, 1.807) is 18.2 Å². The van der Waals surface area contributed by atoms with E-state index in [2.05, 4.69) is 41.9 Å². The first kappa shape index (κ1) is 18.1. The van der Waals surface area contributed by atoms with Crippen molar-refractivity contribution in [3.05, 3.63) is 46.2 Å². The first-order valence-corrected chi connectivity index (χ1v) is 8.13. The maximum atomic E-state index is 12.8. The second-order valence-corrected chi connectivity index (χ2v) is 6.23. The molecule has 3 rings (SSSR count). The van der Waals surface area contributed by atoms with Gasteiger partial charge in [-0.2, -0.15) is 17.7 Å². The van der Waals surface area contributed by atoms with E-state index in [0.717, 1.165) is 10.0 Å². The van der Waals surface area contributed by atoms with Crippen LogP contribution >= 0.6 is 15.9 Å². The van der Waals surface area contributed by atoms with Crippen LogP contribution < -0.4 is 10.6 Å². The minimum atomic E-state index is -4.68. The molecule has 3 aromatic rings. The van der Waals surface area contributed by atoms with Gasteiger partial charge in [-0.25, -0.2) is 0 Å². The van der Waals surface area contributed by atoms with Crippen LogP contribution in [0.4, 0.5) is 24.7 Å². The van der Waals surface area contributed by atoms with Gasteiger partial charge in [-0.3, -0.25) is 4.79 Å². The molecule has 2 aromatic heterocycles. The summed E-state index contributed by atoms with van der Waals surface area (Å²) in [4.78, 5) is 12.0. The number of hydrogen-bond donors (Lipinski definition) is 2. The predicted molar refractivity (Wildman–Crippen MR) is 91.8 cm³/mol. The van der Waals surface area contributed by atoms with E-state index in [4.69, 9.17) is 0 Å². The predicted octanol–water partition coefficient (Wildman–Crippen LogP) is 3.26. The first-order valence-electron chi connectivity index (χ1n) is 7.33. The summed E-state index contributed by atoms with van der Waals surface area (Å²) in [5, 5.41) is 15.6. The van der Waals surface area contributed by atoms with E-state index >= 15 is 0 Å². The molecule has 0 unspecified atom stereocenters. The summed E-state index contributed by atoms with van der Waals surface area (Å²) in [6.45, 7) is 1.71. The number of anilines is 2. The Kier molecular flexibility index (Phi) is 4.81. The van der Waals surface area contributed by atoms with Crippen LogP contribution in [0.25, 0.3) is 5.65 Å². The van der Waals surface area contributed by atoms with Gasteiger partial charge in [0.25, 0.3) is 5.82 Å². The first-order chi connectivity index (χ1) is 12.2. The fourth-order valence-corrected chi connectivity index (χ4v) is 2.41. The number of amides is 1. The van der Waals surface area contributed by atoms with Crippen LogP contribution in [0.1, 0.15) is 11.4 Å². The Balaban J connectivity index is 1.69. The number of halogens is 4. The number of carbonyl (C=O) groups is 1. The van der Waals surface area contributed by atoms with Crippen molar-refractivity contribution in [2.24, 2.45) is 0 Å². The highest BCUT2D eigenvalue weighted by molar-refractivity contribution is 9.10. The summed E-state index contributed by atoms with van der Waals surface area (Å²) in [6.07, 6.45) is -4.68. The average Bonchev–Trinajstić information content (AvgIpc) is 3.00. The number of rotatable bonds is 4. The Morgan fingerprint density at radius 3 is 2.69 bits per heavy atom. The molecule has 0 radical (unpaired) electrons. The van der Waals surface area contributed by atoms with Gasteiger partial charge in [-0.15, -0.1) is 15.3 Å². The summed E-state index contributed by atoms with van der Waals surface area (Å²) in [5.41, 5.74) is 1.52. The van der Waals surface area contributed by atoms with E-state index in [-0.39, 0.29) is 23.9 Å². The molecular weight excluding hydrogens is 417 g/mol. The molecule has 0 fully saturated rings. The lowest BCUT2D eigenvalue weighted by Crippen LogP contribution is -2.22. The molecule has 0 saturated carbocycles. The number of nitrogens with zero attached hydrogens (tertiary/aromatic N) is 4. The van der Waals surface area contributed by atoms with E-state index in [1.165, 1.54) is 12.1 Å². The van der Waals surface area contributed by atoms with Gasteiger partial charge in [0.15, 0.2) is 5.65 Å². The molecule has 136 valence electrons. The van der Waals surface area contributed by atoms with Crippen LogP contribution in [0.2, 0.25) is 0 Å². The quantitative estimate of drug-likeness (QED) is 0.666. The SMILES string of the molecule is Cc1cc(NC(=O)CNc2ccc3nnc(C(F)(F)F)n3n2)ccc1Br. The number of aromatic nitrogens is 4. The molecule has 0 spiro atoms. The molecule has 0 aliphatic rings. The minimum Gasteiger partial charge on any atom is -0.360 e. The summed E-state index contributed by atoms with van der Waals surface area (Å²) in [7, 11) is 0. The summed E-state index contributed by atoms with van der Waals surface area (Å²) >= 11 is 3.37. The molecule has 2 heterocycles. The largest absolute Gasteiger partial charge is 0.453 e. The van der Waals surface area contributed by atoms with Crippen molar-refractivity contribution in [3.8, 4) is 0 Å². The van der Waals surface area contributed by atoms with Crippen molar-refractivity contribution < 1.29 is 18.0 Å². The smallest absolute Gasteiger partial charge is 0.360 e. The third-order valence-corrected chi connectivity index (χ3v) is 4.28. The fourth-order valence-electron chi connectivity index (χ4n) is 2.16. The van der Waals surface area contributed by atoms with Gasteiger partial charge in [0.05, 0.1) is 6.54 Å². The molecule has 0 bridgehead atoms. The third kappa shape index (κ3) is 3.93. The van der Waals surface area contributed by atoms with E-state index in [0.29, 0.717) is 10.2 Å². The zero-order chi connectivity index (χ0) is 18.9. The van der Waals surface area contributed by atoms with Crippen LogP contribution in [0.3, 0.4) is 0 Å². The van der Waals surface area contributed by atoms with Gasteiger partial charge in [0, 0.05) is 10.2 Å². The van der Waals surface area contributed by atoms with E-state index < -0.39 is 12.0 Å².